The topological polar surface area (TPSA) is 56.7 Å². The monoisotopic (exact) mass is 246 g/mol. The molecule has 18 heavy (non-hydrogen) atoms. The molecule has 2 N–H and O–H groups in total. The van der Waals surface area contributed by atoms with Crippen molar-refractivity contribution >= 4 is 0 Å². The summed E-state index contributed by atoms with van der Waals surface area (Å²) in [6.07, 6.45) is 4.94. The molecule has 0 bridgehead atoms. The maximum atomic E-state index is 14.1. The third-order valence-corrected chi connectivity index (χ3v) is 3.85. The van der Waals surface area contributed by atoms with Crippen LogP contribution in [0.3, 0.4) is 0 Å². The molecule has 1 aromatic carbocycles. The molecule has 1 aliphatic carbocycles. The van der Waals surface area contributed by atoms with E-state index in [4.69, 9.17) is 5.73 Å². The van der Waals surface area contributed by atoms with E-state index in [2.05, 4.69) is 10.1 Å². The molecule has 1 heterocycles. The molecule has 1 fully saturated rings. The van der Waals surface area contributed by atoms with Crippen LogP contribution in [0.15, 0.2) is 30.9 Å². The average Bonchev–Trinajstić information content (AvgIpc) is 2.99. The Hall–Kier alpha value is -1.75. The van der Waals surface area contributed by atoms with Gasteiger partial charge in [0.2, 0.25) is 0 Å². The summed E-state index contributed by atoms with van der Waals surface area (Å²) < 4.78 is 15.5. The van der Waals surface area contributed by atoms with Crippen molar-refractivity contribution in [3.8, 4) is 5.69 Å². The van der Waals surface area contributed by atoms with E-state index in [9.17, 15) is 4.39 Å². The van der Waals surface area contributed by atoms with Crippen LogP contribution in [-0.2, 0) is 5.41 Å². The Balaban J connectivity index is 2.00. The lowest BCUT2D eigenvalue weighted by molar-refractivity contribution is 0.546. The Kier molecular flexibility index (Phi) is 2.45. The molecule has 94 valence electrons. The molecule has 2 aromatic rings. The van der Waals surface area contributed by atoms with Gasteiger partial charge < -0.3 is 5.73 Å². The lowest BCUT2D eigenvalue weighted by atomic mass is 9.89. The summed E-state index contributed by atoms with van der Waals surface area (Å²) in [6.45, 7) is 1.98. The molecule has 3 rings (SSSR count). The minimum atomic E-state index is -0.287. The molecule has 0 aliphatic heterocycles. The molecule has 0 amide bonds. The molecule has 1 aromatic heterocycles. The summed E-state index contributed by atoms with van der Waals surface area (Å²) in [7, 11) is 0. The van der Waals surface area contributed by atoms with Crippen LogP contribution < -0.4 is 5.73 Å². The second-order valence-electron chi connectivity index (χ2n) is 4.95. The Morgan fingerprint density at radius 1 is 1.44 bits per heavy atom. The maximum Gasteiger partial charge on any atom is 0.149 e. The second-order valence-corrected chi connectivity index (χ2v) is 4.95. The molecule has 5 heteroatoms. The van der Waals surface area contributed by atoms with E-state index in [1.807, 2.05) is 13.0 Å². The Morgan fingerprint density at radius 2 is 2.22 bits per heavy atom. The summed E-state index contributed by atoms with van der Waals surface area (Å²) in [6, 6.07) is 5.31. The van der Waals surface area contributed by atoms with E-state index in [0.29, 0.717) is 5.69 Å². The standard InChI is InChI=1S/C13H15FN4/c1-9(15)13(4-5-13)10-2-3-12(11(14)6-10)18-8-16-7-17-18/h2-3,6-9H,4-5,15H2,1H3. The Labute approximate surface area is 105 Å². The van der Waals surface area contributed by atoms with E-state index in [-0.39, 0.29) is 17.3 Å². The van der Waals surface area contributed by atoms with Crippen molar-refractivity contribution in [3.63, 3.8) is 0 Å². The molecule has 1 saturated carbocycles. The van der Waals surface area contributed by atoms with Gasteiger partial charge in [0.15, 0.2) is 0 Å². The molecule has 0 radical (unpaired) electrons. The van der Waals surface area contributed by atoms with E-state index in [1.165, 1.54) is 17.3 Å². The fourth-order valence-electron chi connectivity index (χ4n) is 2.48. The van der Waals surface area contributed by atoms with Gasteiger partial charge in [-0.3, -0.25) is 0 Å². The molecule has 1 aliphatic rings. The van der Waals surface area contributed by atoms with Crippen molar-refractivity contribution in [3.05, 3.63) is 42.2 Å². The largest absolute Gasteiger partial charge is 0.327 e. The van der Waals surface area contributed by atoms with Crippen LogP contribution in [0, 0.1) is 5.82 Å². The second kappa shape index (κ2) is 3.88. The highest BCUT2D eigenvalue weighted by Gasteiger charge is 2.47. The third-order valence-electron chi connectivity index (χ3n) is 3.85. The van der Waals surface area contributed by atoms with Gasteiger partial charge in [-0.25, -0.2) is 14.1 Å². The molecular formula is C13H15FN4. The number of nitrogens with two attached hydrogens (primary N) is 1. The number of hydrogen-bond donors (Lipinski definition) is 1. The normalized spacial score (nSPS) is 18.6. The van der Waals surface area contributed by atoms with E-state index in [0.717, 1.165) is 18.4 Å². The number of hydrogen-bond acceptors (Lipinski definition) is 3. The lowest BCUT2D eigenvalue weighted by Crippen LogP contribution is -2.31. The highest BCUT2D eigenvalue weighted by molar-refractivity contribution is 5.41. The Morgan fingerprint density at radius 3 is 2.72 bits per heavy atom. The first kappa shape index (κ1) is 11.3. The number of rotatable bonds is 3. The molecule has 4 nitrogen and oxygen atoms in total. The zero-order chi connectivity index (χ0) is 12.8. The van der Waals surface area contributed by atoms with Gasteiger partial charge in [-0.05, 0) is 37.5 Å². The van der Waals surface area contributed by atoms with Crippen molar-refractivity contribution in [2.24, 2.45) is 5.73 Å². The molecule has 0 saturated heterocycles. The third kappa shape index (κ3) is 1.62. The van der Waals surface area contributed by atoms with Crippen LogP contribution in [0.1, 0.15) is 25.3 Å². The first-order valence-electron chi connectivity index (χ1n) is 6.04. The maximum absolute atomic E-state index is 14.1. The van der Waals surface area contributed by atoms with Crippen LogP contribution in [-0.4, -0.2) is 20.8 Å². The summed E-state index contributed by atoms with van der Waals surface area (Å²) in [5, 5.41) is 3.93. The van der Waals surface area contributed by atoms with E-state index in [1.54, 1.807) is 12.1 Å². The van der Waals surface area contributed by atoms with Crippen molar-refractivity contribution in [2.45, 2.75) is 31.2 Å². The van der Waals surface area contributed by atoms with Crippen LogP contribution in [0.5, 0.6) is 0 Å². The van der Waals surface area contributed by atoms with E-state index < -0.39 is 0 Å². The number of halogens is 1. The van der Waals surface area contributed by atoms with Gasteiger partial charge in [-0.2, -0.15) is 5.10 Å². The van der Waals surface area contributed by atoms with Crippen LogP contribution in [0.2, 0.25) is 0 Å². The first-order chi connectivity index (χ1) is 8.63. The minimum absolute atomic E-state index is 0.0261. The van der Waals surface area contributed by atoms with Crippen molar-refractivity contribution < 1.29 is 4.39 Å². The minimum Gasteiger partial charge on any atom is -0.327 e. The summed E-state index contributed by atoms with van der Waals surface area (Å²) >= 11 is 0. The van der Waals surface area contributed by atoms with Crippen LogP contribution in [0.4, 0.5) is 4.39 Å². The highest BCUT2D eigenvalue weighted by Crippen LogP contribution is 2.50. The highest BCUT2D eigenvalue weighted by atomic mass is 19.1. The van der Waals surface area contributed by atoms with Gasteiger partial charge in [0.25, 0.3) is 0 Å². The van der Waals surface area contributed by atoms with Gasteiger partial charge >= 0.3 is 0 Å². The predicted molar refractivity (Wildman–Crippen MR) is 65.9 cm³/mol. The number of aromatic nitrogens is 3. The summed E-state index contributed by atoms with van der Waals surface area (Å²) in [5.74, 6) is -0.287. The quantitative estimate of drug-likeness (QED) is 0.898. The molecule has 0 spiro atoms. The Bertz CT molecular complexity index is 558. The van der Waals surface area contributed by atoms with Crippen LogP contribution >= 0.6 is 0 Å². The smallest absolute Gasteiger partial charge is 0.149 e. The molecule has 1 atom stereocenters. The van der Waals surface area contributed by atoms with Gasteiger partial charge in [-0.15, -0.1) is 0 Å². The van der Waals surface area contributed by atoms with Gasteiger partial charge in [0.1, 0.15) is 24.2 Å². The summed E-state index contributed by atoms with van der Waals surface area (Å²) in [5.41, 5.74) is 7.37. The molecular weight excluding hydrogens is 231 g/mol. The van der Waals surface area contributed by atoms with Crippen molar-refractivity contribution in [1.29, 1.82) is 0 Å². The van der Waals surface area contributed by atoms with Gasteiger partial charge in [0.05, 0.1) is 0 Å². The van der Waals surface area contributed by atoms with Gasteiger partial charge in [0, 0.05) is 11.5 Å². The summed E-state index contributed by atoms with van der Waals surface area (Å²) in [4.78, 5) is 3.82. The fraction of sp³-hybridized carbons (Fsp3) is 0.385. The number of benzene rings is 1. The van der Waals surface area contributed by atoms with Crippen LogP contribution in [0.25, 0.3) is 5.69 Å². The first-order valence-corrected chi connectivity index (χ1v) is 6.04. The molecule has 1 unspecified atom stereocenters. The number of nitrogens with zero attached hydrogens (tertiary/aromatic N) is 3. The van der Waals surface area contributed by atoms with Crippen molar-refractivity contribution in [2.75, 3.05) is 0 Å². The lowest BCUT2D eigenvalue weighted by Gasteiger charge is -2.20. The average molecular weight is 246 g/mol. The van der Waals surface area contributed by atoms with Gasteiger partial charge in [-0.1, -0.05) is 6.07 Å². The SMILES string of the molecule is CC(N)C1(c2ccc(-n3cncn3)c(F)c2)CC1. The fourth-order valence-corrected chi connectivity index (χ4v) is 2.48. The zero-order valence-electron chi connectivity index (χ0n) is 10.2. The predicted octanol–water partition coefficient (Wildman–Crippen LogP) is 1.79. The van der Waals surface area contributed by atoms with E-state index >= 15 is 0 Å². The zero-order valence-corrected chi connectivity index (χ0v) is 10.2. The van der Waals surface area contributed by atoms with Crippen molar-refractivity contribution in [1.82, 2.24) is 14.8 Å².